The number of piperazine rings is 1. The predicted molar refractivity (Wildman–Crippen MR) is 102 cm³/mol. The first-order valence-electron chi connectivity index (χ1n) is 8.87. The summed E-state index contributed by atoms with van der Waals surface area (Å²) in [5, 5.41) is 7.81. The third-order valence-electron chi connectivity index (χ3n) is 5.63. The van der Waals surface area contributed by atoms with Crippen molar-refractivity contribution < 1.29 is 0 Å². The molecule has 4 N–H and O–H groups in total. The minimum Gasteiger partial charge on any atom is -0.382 e. The number of nitrogen functional groups attached to an aromatic ring is 1. The van der Waals surface area contributed by atoms with E-state index in [0.29, 0.717) is 5.92 Å². The van der Waals surface area contributed by atoms with Gasteiger partial charge < -0.3 is 16.1 Å². The fourth-order valence-corrected chi connectivity index (χ4v) is 4.84. The average Bonchev–Trinajstić information content (AvgIpc) is 2.92. The average molecular weight is 397 g/mol. The highest BCUT2D eigenvalue weighted by molar-refractivity contribution is 9.10. The minimum atomic E-state index is 0.0913. The van der Waals surface area contributed by atoms with Gasteiger partial charge in [-0.05, 0) is 54.7 Å². The Kier molecular flexibility index (Phi) is 5.52. The fraction of sp³-hybridized carbons (Fsp3) is 0.706. The fourth-order valence-electron chi connectivity index (χ4n) is 4.21. The highest BCUT2D eigenvalue weighted by atomic mass is 79.9. The zero-order chi connectivity index (χ0) is 17.3. The number of hydrogen-bond acceptors (Lipinski definition) is 4. The molecule has 1 saturated carbocycles. The molecule has 134 valence electrons. The third kappa shape index (κ3) is 3.48. The summed E-state index contributed by atoms with van der Waals surface area (Å²) in [4.78, 5) is 5.10. The first-order valence-corrected chi connectivity index (χ1v) is 9.66. The molecule has 0 atom stereocenters. The summed E-state index contributed by atoms with van der Waals surface area (Å²) in [7, 11) is 4.10. The van der Waals surface area contributed by atoms with Crippen LogP contribution in [0.25, 0.3) is 0 Å². The van der Waals surface area contributed by atoms with Crippen LogP contribution in [0.2, 0.25) is 0 Å². The number of hydrogen-bond donors (Lipinski definition) is 3. The summed E-state index contributed by atoms with van der Waals surface area (Å²) in [5.74, 6) is 0.624. The molecule has 0 amide bonds. The van der Waals surface area contributed by atoms with Gasteiger partial charge in [-0.25, -0.2) is 0 Å². The Hall–Kier alpha value is -1.05. The van der Waals surface area contributed by atoms with Crippen LogP contribution in [0.5, 0.6) is 0 Å². The first-order chi connectivity index (χ1) is 11.5. The van der Waals surface area contributed by atoms with E-state index in [1.807, 2.05) is 11.7 Å². The molecule has 1 saturated heterocycles. The smallest absolute Gasteiger partial charge is 0.142 e. The quantitative estimate of drug-likeness (QED) is 0.537. The molecule has 2 heterocycles. The number of nitrogens with one attached hydrogen (secondary N) is 2. The molecule has 6 nitrogen and oxygen atoms in total. The van der Waals surface area contributed by atoms with Gasteiger partial charge >= 0.3 is 0 Å². The number of nitrogens with two attached hydrogens (primary N) is 1. The van der Waals surface area contributed by atoms with Gasteiger partial charge in [-0.15, -0.1) is 0 Å². The molecule has 24 heavy (non-hydrogen) atoms. The van der Waals surface area contributed by atoms with Crippen LogP contribution < -0.4 is 11.2 Å². The second-order valence-electron chi connectivity index (χ2n) is 7.08. The van der Waals surface area contributed by atoms with Gasteiger partial charge in [0.2, 0.25) is 0 Å². The zero-order valence-corrected chi connectivity index (χ0v) is 16.3. The van der Waals surface area contributed by atoms with E-state index in [-0.39, 0.29) is 5.84 Å². The first kappa shape index (κ1) is 17.8. The van der Waals surface area contributed by atoms with Gasteiger partial charge in [-0.2, -0.15) is 0 Å². The topological polar surface area (TPSA) is 73.3 Å². The standard InChI is InChI=1S/C17H29BrN6/c1-21-24-15(11-14(18)16(24)17(19)20)12-3-5-13(6-4-12)23-9-7-22(2)8-10-23/h11-13,21H,3-10H2,1-2H3,(H3,19,20). The number of nitrogens with zero attached hydrogens (tertiary/aromatic N) is 3. The lowest BCUT2D eigenvalue weighted by atomic mass is 9.83. The Labute approximate surface area is 153 Å². The minimum absolute atomic E-state index is 0.0913. The molecule has 1 aromatic heterocycles. The summed E-state index contributed by atoms with van der Waals surface area (Å²) in [6, 6.07) is 2.87. The van der Waals surface area contributed by atoms with Gasteiger partial charge in [0.05, 0.1) is 0 Å². The van der Waals surface area contributed by atoms with Gasteiger partial charge in [0.25, 0.3) is 0 Å². The van der Waals surface area contributed by atoms with Crippen LogP contribution in [0.1, 0.15) is 43.0 Å². The van der Waals surface area contributed by atoms with E-state index in [0.717, 1.165) is 16.2 Å². The molecule has 1 aliphatic heterocycles. The van der Waals surface area contributed by atoms with Crippen molar-refractivity contribution in [3.8, 4) is 0 Å². The number of aromatic nitrogens is 1. The predicted octanol–water partition coefficient (Wildman–Crippen LogP) is 1.98. The van der Waals surface area contributed by atoms with E-state index >= 15 is 0 Å². The molecular formula is C17H29BrN6. The van der Waals surface area contributed by atoms with Crippen LogP contribution in [-0.2, 0) is 0 Å². The maximum absolute atomic E-state index is 7.81. The Morgan fingerprint density at radius 1 is 1.21 bits per heavy atom. The van der Waals surface area contributed by atoms with Crippen molar-refractivity contribution in [1.82, 2.24) is 14.5 Å². The molecule has 2 aliphatic rings. The Morgan fingerprint density at radius 2 is 1.83 bits per heavy atom. The van der Waals surface area contributed by atoms with Crippen molar-refractivity contribution >= 4 is 21.8 Å². The van der Waals surface area contributed by atoms with Crippen molar-refractivity contribution in [2.75, 3.05) is 45.7 Å². The summed E-state index contributed by atoms with van der Waals surface area (Å²) in [5.41, 5.74) is 10.9. The number of rotatable bonds is 4. The van der Waals surface area contributed by atoms with E-state index in [2.05, 4.69) is 44.3 Å². The summed E-state index contributed by atoms with van der Waals surface area (Å²) >= 11 is 3.56. The molecule has 0 aromatic carbocycles. The van der Waals surface area contributed by atoms with Crippen LogP contribution >= 0.6 is 15.9 Å². The normalized spacial score (nSPS) is 26.5. The molecule has 1 aliphatic carbocycles. The number of amidine groups is 1. The van der Waals surface area contributed by atoms with E-state index in [4.69, 9.17) is 11.1 Å². The number of halogens is 1. The van der Waals surface area contributed by atoms with E-state index in [9.17, 15) is 0 Å². The highest BCUT2D eigenvalue weighted by Gasteiger charge is 2.30. The maximum Gasteiger partial charge on any atom is 0.142 e. The molecule has 7 heteroatoms. The Morgan fingerprint density at radius 3 is 2.38 bits per heavy atom. The molecular weight excluding hydrogens is 368 g/mol. The summed E-state index contributed by atoms with van der Waals surface area (Å²) < 4.78 is 2.88. The van der Waals surface area contributed by atoms with Crippen LogP contribution in [0.15, 0.2) is 10.5 Å². The van der Waals surface area contributed by atoms with Crippen LogP contribution in [-0.4, -0.2) is 66.6 Å². The maximum atomic E-state index is 7.81. The Balaban J connectivity index is 1.67. The lowest BCUT2D eigenvalue weighted by Crippen LogP contribution is -2.49. The van der Waals surface area contributed by atoms with Crippen LogP contribution in [0, 0.1) is 5.41 Å². The molecule has 3 rings (SSSR count). The number of likely N-dealkylation sites (N-methyl/N-ethyl adjacent to an activating group) is 1. The molecule has 2 fully saturated rings. The molecule has 0 bridgehead atoms. The van der Waals surface area contributed by atoms with Crippen LogP contribution in [0.3, 0.4) is 0 Å². The Bertz CT molecular complexity index is 582. The second kappa shape index (κ2) is 7.45. The second-order valence-corrected chi connectivity index (χ2v) is 7.94. The summed E-state index contributed by atoms with van der Waals surface area (Å²) in [6.07, 6.45) is 4.92. The zero-order valence-electron chi connectivity index (χ0n) is 14.7. The van der Waals surface area contributed by atoms with Gasteiger partial charge in [0, 0.05) is 55.4 Å². The monoisotopic (exact) mass is 396 g/mol. The van der Waals surface area contributed by atoms with E-state index < -0.39 is 0 Å². The van der Waals surface area contributed by atoms with Crippen molar-refractivity contribution in [3.05, 3.63) is 21.9 Å². The van der Waals surface area contributed by atoms with Crippen molar-refractivity contribution in [1.29, 1.82) is 5.41 Å². The van der Waals surface area contributed by atoms with E-state index in [1.165, 1.54) is 57.6 Å². The van der Waals surface area contributed by atoms with E-state index in [1.54, 1.807) is 0 Å². The molecule has 0 unspecified atom stereocenters. The van der Waals surface area contributed by atoms with Gasteiger partial charge in [-0.1, -0.05) is 0 Å². The largest absolute Gasteiger partial charge is 0.382 e. The molecule has 1 aromatic rings. The van der Waals surface area contributed by atoms with Gasteiger partial charge in [0.15, 0.2) is 0 Å². The van der Waals surface area contributed by atoms with Crippen molar-refractivity contribution in [3.63, 3.8) is 0 Å². The van der Waals surface area contributed by atoms with Gasteiger partial charge in [-0.3, -0.25) is 15.0 Å². The summed E-state index contributed by atoms with van der Waals surface area (Å²) in [6.45, 7) is 4.80. The molecule has 0 spiro atoms. The SMILES string of the molecule is CNn1c(C2CCC(N3CCN(C)CC3)CC2)cc(Br)c1C(=N)N. The molecule has 0 radical (unpaired) electrons. The third-order valence-corrected chi connectivity index (χ3v) is 6.24. The van der Waals surface area contributed by atoms with Gasteiger partial charge in [0.1, 0.15) is 11.5 Å². The van der Waals surface area contributed by atoms with Crippen molar-refractivity contribution in [2.45, 2.75) is 37.6 Å². The van der Waals surface area contributed by atoms with Crippen LogP contribution in [0.4, 0.5) is 0 Å². The lowest BCUT2D eigenvalue weighted by molar-refractivity contribution is 0.0874. The highest BCUT2D eigenvalue weighted by Crippen LogP contribution is 2.37. The van der Waals surface area contributed by atoms with Crippen molar-refractivity contribution in [2.24, 2.45) is 5.73 Å². The lowest BCUT2D eigenvalue weighted by Gasteiger charge is -2.41.